The lowest BCUT2D eigenvalue weighted by atomic mass is 9.87. The van der Waals surface area contributed by atoms with Crippen LogP contribution in [-0.4, -0.2) is 25.3 Å². The van der Waals surface area contributed by atoms with Crippen molar-refractivity contribution in [2.24, 2.45) is 0 Å². The van der Waals surface area contributed by atoms with Crippen molar-refractivity contribution >= 4 is 0 Å². The monoisotopic (exact) mass is 185 g/mol. The van der Waals surface area contributed by atoms with Gasteiger partial charge in [-0.25, -0.2) is 0 Å². The maximum absolute atomic E-state index is 5.74. The van der Waals surface area contributed by atoms with E-state index in [9.17, 15) is 0 Å². The largest absolute Gasteiger partial charge is 0.376 e. The van der Waals surface area contributed by atoms with Gasteiger partial charge in [0.25, 0.3) is 0 Å². The average molecular weight is 185 g/mol. The van der Waals surface area contributed by atoms with Crippen LogP contribution in [0.2, 0.25) is 0 Å². The molecule has 13 heavy (non-hydrogen) atoms. The van der Waals surface area contributed by atoms with E-state index in [-0.39, 0.29) is 5.54 Å². The van der Waals surface area contributed by atoms with Gasteiger partial charge in [0, 0.05) is 12.1 Å². The zero-order valence-corrected chi connectivity index (χ0v) is 9.23. The second kappa shape index (κ2) is 4.97. The standard InChI is InChI=1S/C11H23NO/c1-4-5-8-11(2,12-3)10-7-6-9-13-10/h10,12H,4-9H2,1-3H3. The highest BCUT2D eigenvalue weighted by Crippen LogP contribution is 2.27. The summed E-state index contributed by atoms with van der Waals surface area (Å²) in [5, 5.41) is 3.43. The first-order valence-electron chi connectivity index (χ1n) is 5.53. The lowest BCUT2D eigenvalue weighted by molar-refractivity contribution is 0.0341. The summed E-state index contributed by atoms with van der Waals surface area (Å²) >= 11 is 0. The summed E-state index contributed by atoms with van der Waals surface area (Å²) in [6.45, 7) is 5.48. The molecular formula is C11H23NO. The average Bonchev–Trinajstić information content (AvgIpc) is 2.67. The maximum atomic E-state index is 5.74. The maximum Gasteiger partial charge on any atom is 0.0754 e. The molecule has 1 aliphatic rings. The number of ether oxygens (including phenoxy) is 1. The topological polar surface area (TPSA) is 21.3 Å². The van der Waals surface area contributed by atoms with E-state index < -0.39 is 0 Å². The van der Waals surface area contributed by atoms with Crippen LogP contribution in [0.25, 0.3) is 0 Å². The molecule has 0 bridgehead atoms. The van der Waals surface area contributed by atoms with E-state index in [4.69, 9.17) is 4.74 Å². The summed E-state index contributed by atoms with van der Waals surface area (Å²) in [6.07, 6.45) is 6.67. The molecule has 0 radical (unpaired) electrons. The first kappa shape index (κ1) is 11.0. The highest BCUT2D eigenvalue weighted by Gasteiger charge is 2.34. The molecule has 1 fully saturated rings. The molecule has 0 spiro atoms. The molecule has 0 amide bonds. The zero-order chi connectivity index (χ0) is 9.73. The molecule has 0 aromatic carbocycles. The summed E-state index contributed by atoms with van der Waals surface area (Å²) < 4.78 is 5.74. The van der Waals surface area contributed by atoms with E-state index in [0.29, 0.717) is 6.10 Å². The van der Waals surface area contributed by atoms with Gasteiger partial charge in [0.2, 0.25) is 0 Å². The highest BCUT2D eigenvalue weighted by molar-refractivity contribution is 4.92. The molecule has 0 aliphatic carbocycles. The third kappa shape index (κ3) is 2.68. The van der Waals surface area contributed by atoms with Gasteiger partial charge >= 0.3 is 0 Å². The van der Waals surface area contributed by atoms with Gasteiger partial charge < -0.3 is 10.1 Å². The number of hydrogen-bond donors (Lipinski definition) is 1. The van der Waals surface area contributed by atoms with Crippen LogP contribution in [0.5, 0.6) is 0 Å². The minimum Gasteiger partial charge on any atom is -0.376 e. The molecule has 2 unspecified atom stereocenters. The first-order chi connectivity index (χ1) is 6.23. The second-order valence-corrected chi connectivity index (χ2v) is 4.27. The predicted octanol–water partition coefficient (Wildman–Crippen LogP) is 2.33. The molecule has 1 aliphatic heterocycles. The van der Waals surface area contributed by atoms with Gasteiger partial charge in [-0.15, -0.1) is 0 Å². The Labute approximate surface area is 82.0 Å². The summed E-state index contributed by atoms with van der Waals surface area (Å²) in [5.74, 6) is 0. The van der Waals surface area contributed by atoms with E-state index in [1.807, 2.05) is 0 Å². The summed E-state index contributed by atoms with van der Waals surface area (Å²) in [7, 11) is 2.05. The molecule has 1 N–H and O–H groups in total. The van der Waals surface area contributed by atoms with E-state index in [1.54, 1.807) is 0 Å². The predicted molar refractivity (Wildman–Crippen MR) is 56.0 cm³/mol. The van der Waals surface area contributed by atoms with E-state index in [0.717, 1.165) is 6.61 Å². The third-order valence-electron chi connectivity index (χ3n) is 3.26. The Morgan fingerprint density at radius 1 is 1.54 bits per heavy atom. The van der Waals surface area contributed by atoms with Crippen LogP contribution in [-0.2, 0) is 4.74 Å². The Kier molecular flexibility index (Phi) is 4.20. The minimum atomic E-state index is 0.201. The van der Waals surface area contributed by atoms with Crippen molar-refractivity contribution in [3.8, 4) is 0 Å². The van der Waals surface area contributed by atoms with Crippen molar-refractivity contribution < 1.29 is 4.74 Å². The number of nitrogens with one attached hydrogen (secondary N) is 1. The summed E-state index contributed by atoms with van der Waals surface area (Å²) in [6, 6.07) is 0. The Hall–Kier alpha value is -0.0800. The number of unbranched alkanes of at least 4 members (excludes halogenated alkanes) is 1. The fourth-order valence-corrected chi connectivity index (χ4v) is 2.07. The Morgan fingerprint density at radius 2 is 2.31 bits per heavy atom. The van der Waals surface area contributed by atoms with Crippen molar-refractivity contribution in [2.75, 3.05) is 13.7 Å². The molecule has 1 saturated heterocycles. The SMILES string of the molecule is CCCCC(C)(NC)C1CCCO1. The van der Waals surface area contributed by atoms with Crippen molar-refractivity contribution in [1.82, 2.24) is 5.32 Å². The molecule has 0 aromatic heterocycles. The third-order valence-corrected chi connectivity index (χ3v) is 3.26. The summed E-state index contributed by atoms with van der Waals surface area (Å²) in [4.78, 5) is 0. The van der Waals surface area contributed by atoms with E-state index in [1.165, 1.54) is 32.1 Å². The van der Waals surface area contributed by atoms with Crippen molar-refractivity contribution in [3.05, 3.63) is 0 Å². The van der Waals surface area contributed by atoms with Gasteiger partial charge in [-0.1, -0.05) is 19.8 Å². The van der Waals surface area contributed by atoms with Gasteiger partial charge in [-0.3, -0.25) is 0 Å². The van der Waals surface area contributed by atoms with E-state index >= 15 is 0 Å². The van der Waals surface area contributed by atoms with Crippen molar-refractivity contribution in [3.63, 3.8) is 0 Å². The van der Waals surface area contributed by atoms with Crippen molar-refractivity contribution in [1.29, 1.82) is 0 Å². The highest BCUT2D eigenvalue weighted by atomic mass is 16.5. The molecule has 2 atom stereocenters. The molecule has 0 saturated carbocycles. The second-order valence-electron chi connectivity index (χ2n) is 4.27. The van der Waals surface area contributed by atoms with Crippen LogP contribution in [0.3, 0.4) is 0 Å². The van der Waals surface area contributed by atoms with Crippen LogP contribution in [0, 0.1) is 0 Å². The molecule has 1 rings (SSSR count). The smallest absolute Gasteiger partial charge is 0.0754 e. The molecule has 1 heterocycles. The molecule has 0 aromatic rings. The van der Waals surface area contributed by atoms with Crippen LogP contribution < -0.4 is 5.32 Å². The van der Waals surface area contributed by atoms with Crippen LogP contribution >= 0.6 is 0 Å². The quantitative estimate of drug-likeness (QED) is 0.710. The lowest BCUT2D eigenvalue weighted by Crippen LogP contribution is -2.50. The van der Waals surface area contributed by atoms with Crippen molar-refractivity contribution in [2.45, 2.75) is 57.6 Å². The van der Waals surface area contributed by atoms with Gasteiger partial charge in [-0.2, -0.15) is 0 Å². The van der Waals surface area contributed by atoms with Gasteiger partial charge in [-0.05, 0) is 33.2 Å². The van der Waals surface area contributed by atoms with Crippen LogP contribution in [0.15, 0.2) is 0 Å². The summed E-state index contributed by atoms with van der Waals surface area (Å²) in [5.41, 5.74) is 0.201. The number of hydrogen-bond acceptors (Lipinski definition) is 2. The fraction of sp³-hybridized carbons (Fsp3) is 1.00. The molecular weight excluding hydrogens is 162 g/mol. The van der Waals surface area contributed by atoms with E-state index in [2.05, 4.69) is 26.2 Å². The minimum absolute atomic E-state index is 0.201. The first-order valence-corrected chi connectivity index (χ1v) is 5.53. The molecule has 2 heteroatoms. The Bertz CT molecular complexity index is 143. The van der Waals surface area contributed by atoms with Gasteiger partial charge in [0.15, 0.2) is 0 Å². The van der Waals surface area contributed by atoms with Crippen LogP contribution in [0.1, 0.15) is 46.0 Å². The van der Waals surface area contributed by atoms with Gasteiger partial charge in [0.05, 0.1) is 6.10 Å². The lowest BCUT2D eigenvalue weighted by Gasteiger charge is -2.34. The van der Waals surface area contributed by atoms with Gasteiger partial charge in [0.1, 0.15) is 0 Å². The Morgan fingerprint density at radius 3 is 2.77 bits per heavy atom. The van der Waals surface area contributed by atoms with Crippen LogP contribution in [0.4, 0.5) is 0 Å². The Balaban J connectivity index is 2.45. The zero-order valence-electron chi connectivity index (χ0n) is 9.23. The molecule has 2 nitrogen and oxygen atoms in total. The molecule has 78 valence electrons. The number of likely N-dealkylation sites (N-methyl/N-ethyl adjacent to an activating group) is 1. The fourth-order valence-electron chi connectivity index (χ4n) is 2.07. The number of rotatable bonds is 5. The normalized spacial score (nSPS) is 27.5.